The van der Waals surface area contributed by atoms with Crippen molar-refractivity contribution in [3.63, 3.8) is 0 Å². The Bertz CT molecular complexity index is 1090. The SMILES string of the molecule is Cc1ccc(C)c(C(O)=C2C(=O)C(=O)N(CCN(C)C)[C@H]2c2ccc3c(c2)OCO3)c1. The monoisotopic (exact) mass is 422 g/mol. The molecule has 0 saturated carbocycles. The van der Waals surface area contributed by atoms with Crippen LogP contribution in [0, 0.1) is 13.8 Å². The van der Waals surface area contributed by atoms with Gasteiger partial charge in [0.15, 0.2) is 11.5 Å². The van der Waals surface area contributed by atoms with Gasteiger partial charge in [-0.05, 0) is 57.3 Å². The molecular formula is C24H26N2O5. The van der Waals surface area contributed by atoms with Gasteiger partial charge in [-0.25, -0.2) is 0 Å². The van der Waals surface area contributed by atoms with E-state index < -0.39 is 17.7 Å². The number of ketones is 1. The molecule has 0 spiro atoms. The van der Waals surface area contributed by atoms with Gasteiger partial charge < -0.3 is 24.4 Å². The Kier molecular flexibility index (Phi) is 5.45. The van der Waals surface area contributed by atoms with Gasteiger partial charge in [-0.15, -0.1) is 0 Å². The fourth-order valence-electron chi connectivity index (χ4n) is 3.98. The molecule has 162 valence electrons. The number of aliphatic hydroxyl groups is 1. The first-order valence-electron chi connectivity index (χ1n) is 10.2. The van der Waals surface area contributed by atoms with E-state index in [2.05, 4.69) is 0 Å². The van der Waals surface area contributed by atoms with Crippen LogP contribution in [-0.4, -0.2) is 60.6 Å². The number of amides is 1. The van der Waals surface area contributed by atoms with Crippen LogP contribution in [0.2, 0.25) is 0 Å². The van der Waals surface area contributed by atoms with Crippen LogP contribution in [0.1, 0.15) is 28.3 Å². The Morgan fingerprint density at radius 3 is 2.58 bits per heavy atom. The molecule has 2 aliphatic heterocycles. The van der Waals surface area contributed by atoms with E-state index in [1.807, 2.05) is 57.1 Å². The van der Waals surface area contributed by atoms with E-state index in [1.54, 1.807) is 12.1 Å². The number of hydrogen-bond donors (Lipinski definition) is 1. The minimum atomic E-state index is -0.714. The second-order valence-corrected chi connectivity index (χ2v) is 8.23. The third-order valence-electron chi connectivity index (χ3n) is 5.69. The third-order valence-corrected chi connectivity index (χ3v) is 5.69. The number of benzene rings is 2. The quantitative estimate of drug-likeness (QED) is 0.453. The highest BCUT2D eigenvalue weighted by atomic mass is 16.7. The lowest BCUT2D eigenvalue weighted by atomic mass is 9.93. The number of nitrogens with zero attached hydrogens (tertiary/aromatic N) is 2. The van der Waals surface area contributed by atoms with Crippen LogP contribution < -0.4 is 9.47 Å². The Balaban J connectivity index is 1.88. The number of aryl methyl sites for hydroxylation is 2. The van der Waals surface area contributed by atoms with E-state index in [9.17, 15) is 14.7 Å². The van der Waals surface area contributed by atoms with E-state index in [-0.39, 0.29) is 18.1 Å². The molecular weight excluding hydrogens is 396 g/mol. The molecule has 7 nitrogen and oxygen atoms in total. The van der Waals surface area contributed by atoms with Gasteiger partial charge in [-0.1, -0.05) is 23.8 Å². The summed E-state index contributed by atoms with van der Waals surface area (Å²) in [6.45, 7) is 4.84. The first-order chi connectivity index (χ1) is 14.8. The zero-order valence-corrected chi connectivity index (χ0v) is 18.1. The summed E-state index contributed by atoms with van der Waals surface area (Å²) in [5.41, 5.74) is 3.11. The molecule has 7 heteroatoms. The van der Waals surface area contributed by atoms with Crippen LogP contribution in [0.15, 0.2) is 42.0 Å². The summed E-state index contributed by atoms with van der Waals surface area (Å²) in [5.74, 6) is -0.281. The summed E-state index contributed by atoms with van der Waals surface area (Å²) in [5, 5.41) is 11.2. The minimum absolute atomic E-state index is 0.0938. The highest BCUT2D eigenvalue weighted by Crippen LogP contribution is 2.43. The van der Waals surface area contributed by atoms with E-state index >= 15 is 0 Å². The van der Waals surface area contributed by atoms with Crippen LogP contribution in [0.5, 0.6) is 11.5 Å². The van der Waals surface area contributed by atoms with E-state index in [4.69, 9.17) is 9.47 Å². The first kappa shape index (κ1) is 20.9. The molecule has 1 fully saturated rings. The summed E-state index contributed by atoms with van der Waals surface area (Å²) in [7, 11) is 3.81. The molecule has 2 heterocycles. The van der Waals surface area contributed by atoms with Crippen LogP contribution in [0.3, 0.4) is 0 Å². The van der Waals surface area contributed by atoms with Crippen molar-refractivity contribution in [2.45, 2.75) is 19.9 Å². The predicted molar refractivity (Wildman–Crippen MR) is 116 cm³/mol. The van der Waals surface area contributed by atoms with Gasteiger partial charge >= 0.3 is 0 Å². The molecule has 2 aromatic carbocycles. The molecule has 0 bridgehead atoms. The first-order valence-corrected chi connectivity index (χ1v) is 10.2. The number of aliphatic hydroxyl groups excluding tert-OH is 1. The molecule has 1 saturated heterocycles. The van der Waals surface area contributed by atoms with E-state index in [0.29, 0.717) is 35.7 Å². The second-order valence-electron chi connectivity index (χ2n) is 8.23. The summed E-state index contributed by atoms with van der Waals surface area (Å²) < 4.78 is 10.9. The number of Topliss-reactive ketones (excluding diaryl/α,β-unsaturated/α-hetero) is 1. The van der Waals surface area contributed by atoms with Crippen molar-refractivity contribution >= 4 is 17.4 Å². The Morgan fingerprint density at radius 2 is 1.84 bits per heavy atom. The molecule has 0 aromatic heterocycles. The highest BCUT2D eigenvalue weighted by Gasteiger charge is 2.46. The van der Waals surface area contributed by atoms with Gasteiger partial charge in [-0.3, -0.25) is 9.59 Å². The number of carbonyl (C=O) groups is 2. The summed E-state index contributed by atoms with van der Waals surface area (Å²) in [6, 6.07) is 10.3. The number of ether oxygens (including phenoxy) is 2. The zero-order chi connectivity index (χ0) is 22.3. The van der Waals surface area contributed by atoms with Gasteiger partial charge in [0.1, 0.15) is 5.76 Å². The van der Waals surface area contributed by atoms with Crippen molar-refractivity contribution in [2.75, 3.05) is 34.0 Å². The average molecular weight is 422 g/mol. The fraction of sp³-hybridized carbons (Fsp3) is 0.333. The average Bonchev–Trinajstić information content (AvgIpc) is 3.30. The smallest absolute Gasteiger partial charge is 0.295 e. The van der Waals surface area contributed by atoms with Crippen molar-refractivity contribution in [1.82, 2.24) is 9.80 Å². The molecule has 1 atom stereocenters. The third kappa shape index (κ3) is 3.77. The van der Waals surface area contributed by atoms with Gasteiger partial charge in [0.25, 0.3) is 11.7 Å². The van der Waals surface area contributed by atoms with Crippen LogP contribution in [-0.2, 0) is 9.59 Å². The van der Waals surface area contributed by atoms with Gasteiger partial charge in [0.2, 0.25) is 6.79 Å². The Labute approximate surface area is 181 Å². The fourth-order valence-corrected chi connectivity index (χ4v) is 3.98. The summed E-state index contributed by atoms with van der Waals surface area (Å²) in [4.78, 5) is 29.6. The minimum Gasteiger partial charge on any atom is -0.507 e. The highest BCUT2D eigenvalue weighted by molar-refractivity contribution is 6.46. The molecule has 1 amide bonds. The molecule has 1 N–H and O–H groups in total. The number of likely N-dealkylation sites (N-methyl/N-ethyl adjacent to an activating group) is 1. The molecule has 31 heavy (non-hydrogen) atoms. The number of carbonyl (C=O) groups excluding carboxylic acids is 2. The maximum absolute atomic E-state index is 13.1. The summed E-state index contributed by atoms with van der Waals surface area (Å²) >= 11 is 0. The lowest BCUT2D eigenvalue weighted by molar-refractivity contribution is -0.140. The second kappa shape index (κ2) is 8.07. The molecule has 0 radical (unpaired) electrons. The van der Waals surface area contributed by atoms with E-state index in [0.717, 1.165) is 11.1 Å². The van der Waals surface area contributed by atoms with Crippen molar-refractivity contribution in [2.24, 2.45) is 0 Å². The van der Waals surface area contributed by atoms with Crippen LogP contribution in [0.25, 0.3) is 5.76 Å². The molecule has 0 unspecified atom stereocenters. The van der Waals surface area contributed by atoms with Gasteiger partial charge in [0.05, 0.1) is 11.6 Å². The standard InChI is InChI=1S/C24H26N2O5/c1-14-5-6-15(2)17(11-14)22(27)20-21(16-7-8-18-19(12-16)31-13-30-18)26(10-9-25(3)4)24(29)23(20)28/h5-8,11-12,21,27H,9-10,13H2,1-4H3/t21-/m0/s1. The number of hydrogen-bond acceptors (Lipinski definition) is 6. The summed E-state index contributed by atoms with van der Waals surface area (Å²) in [6.07, 6.45) is 0. The van der Waals surface area contributed by atoms with E-state index in [1.165, 1.54) is 4.90 Å². The van der Waals surface area contributed by atoms with Crippen molar-refractivity contribution in [3.8, 4) is 11.5 Å². The lowest BCUT2D eigenvalue weighted by Crippen LogP contribution is -2.35. The predicted octanol–water partition coefficient (Wildman–Crippen LogP) is 3.02. The number of rotatable bonds is 5. The largest absolute Gasteiger partial charge is 0.507 e. The normalized spacial score (nSPS) is 19.5. The zero-order valence-electron chi connectivity index (χ0n) is 18.1. The van der Waals surface area contributed by atoms with Crippen LogP contribution >= 0.6 is 0 Å². The van der Waals surface area contributed by atoms with Gasteiger partial charge in [0, 0.05) is 18.7 Å². The van der Waals surface area contributed by atoms with Crippen molar-refractivity contribution in [1.29, 1.82) is 0 Å². The Hall–Kier alpha value is -3.32. The van der Waals surface area contributed by atoms with Crippen LogP contribution in [0.4, 0.5) is 0 Å². The van der Waals surface area contributed by atoms with Gasteiger partial charge in [-0.2, -0.15) is 0 Å². The number of fused-ring (bicyclic) bond motifs is 1. The molecule has 0 aliphatic carbocycles. The number of likely N-dealkylation sites (tertiary alicyclic amines) is 1. The topological polar surface area (TPSA) is 79.3 Å². The Morgan fingerprint density at radius 1 is 1.10 bits per heavy atom. The molecule has 2 aromatic rings. The lowest BCUT2D eigenvalue weighted by Gasteiger charge is -2.26. The van der Waals surface area contributed by atoms with Crippen molar-refractivity contribution in [3.05, 3.63) is 64.2 Å². The molecule has 4 rings (SSSR count). The van der Waals surface area contributed by atoms with Crippen molar-refractivity contribution < 1.29 is 24.2 Å². The maximum atomic E-state index is 13.1. The maximum Gasteiger partial charge on any atom is 0.295 e. The molecule has 2 aliphatic rings.